The largest absolute Gasteiger partial charge is 0.339 e. The summed E-state index contributed by atoms with van der Waals surface area (Å²) in [6, 6.07) is 6.31. The summed E-state index contributed by atoms with van der Waals surface area (Å²) >= 11 is 12.3. The maximum atomic E-state index is 12.4. The smallest absolute Gasteiger partial charge is 0.223 e. The van der Waals surface area contributed by atoms with Crippen LogP contribution in [0.4, 0.5) is 0 Å². The SMILES string of the molecule is CCC1CC(=O)N2CCCC[C@@H]2[C@H]1c1ccc(Cl)c(Cl)c1. The first-order valence-electron chi connectivity index (χ1n) is 7.86. The molecule has 0 saturated carbocycles. The molecule has 2 saturated heterocycles. The van der Waals surface area contributed by atoms with Gasteiger partial charge in [0.05, 0.1) is 10.0 Å². The van der Waals surface area contributed by atoms with Crippen molar-refractivity contribution in [3.63, 3.8) is 0 Å². The van der Waals surface area contributed by atoms with Crippen LogP contribution in [0.25, 0.3) is 0 Å². The molecule has 0 spiro atoms. The average molecular weight is 326 g/mol. The van der Waals surface area contributed by atoms with Crippen LogP contribution in [-0.4, -0.2) is 23.4 Å². The molecule has 3 rings (SSSR count). The van der Waals surface area contributed by atoms with Gasteiger partial charge >= 0.3 is 0 Å². The van der Waals surface area contributed by atoms with E-state index in [9.17, 15) is 4.79 Å². The molecule has 3 atom stereocenters. The summed E-state index contributed by atoms with van der Waals surface area (Å²) in [7, 11) is 0. The van der Waals surface area contributed by atoms with Gasteiger partial charge in [0.1, 0.15) is 0 Å². The molecule has 2 fully saturated rings. The van der Waals surface area contributed by atoms with Crippen molar-refractivity contribution in [1.29, 1.82) is 0 Å². The molecule has 1 aromatic carbocycles. The number of hydrogen-bond acceptors (Lipinski definition) is 1. The topological polar surface area (TPSA) is 20.3 Å². The second-order valence-corrected chi connectivity index (χ2v) is 7.04. The number of halogens is 2. The van der Waals surface area contributed by atoms with Crippen LogP contribution in [0.15, 0.2) is 18.2 Å². The van der Waals surface area contributed by atoms with Crippen LogP contribution in [0.1, 0.15) is 50.5 Å². The Morgan fingerprint density at radius 1 is 1.24 bits per heavy atom. The predicted octanol–water partition coefficient (Wildman–Crippen LogP) is 4.89. The standard InChI is InChI=1S/C17H21Cl2NO/c1-2-11-10-16(21)20-8-4-3-5-15(20)17(11)12-6-7-13(18)14(19)9-12/h6-7,9,11,15,17H,2-5,8,10H2,1H3/t11?,15-,17-/m1/s1. The summed E-state index contributed by atoms with van der Waals surface area (Å²) in [6.07, 6.45) is 5.14. The Labute approximate surface area is 136 Å². The number of hydrogen-bond donors (Lipinski definition) is 0. The fraction of sp³-hybridized carbons (Fsp3) is 0.588. The quantitative estimate of drug-likeness (QED) is 0.758. The van der Waals surface area contributed by atoms with Crippen molar-refractivity contribution in [2.45, 2.75) is 51.0 Å². The van der Waals surface area contributed by atoms with Gasteiger partial charge < -0.3 is 4.90 Å². The molecule has 1 amide bonds. The predicted molar refractivity (Wildman–Crippen MR) is 87.0 cm³/mol. The first-order chi connectivity index (χ1) is 10.1. The number of carbonyl (C=O) groups excluding carboxylic acids is 1. The van der Waals surface area contributed by atoms with Gasteiger partial charge in [-0.1, -0.05) is 42.6 Å². The zero-order chi connectivity index (χ0) is 15.0. The molecule has 0 aromatic heterocycles. The zero-order valence-electron chi connectivity index (χ0n) is 12.3. The number of amides is 1. The molecule has 2 aliphatic heterocycles. The molecule has 114 valence electrons. The normalized spacial score (nSPS) is 29.4. The third-order valence-corrected chi connectivity index (χ3v) is 5.82. The lowest BCUT2D eigenvalue weighted by Crippen LogP contribution is -2.53. The van der Waals surface area contributed by atoms with Crippen molar-refractivity contribution in [3.8, 4) is 0 Å². The summed E-state index contributed by atoms with van der Waals surface area (Å²) in [6.45, 7) is 3.10. The average Bonchev–Trinajstić information content (AvgIpc) is 2.50. The highest BCUT2D eigenvalue weighted by molar-refractivity contribution is 6.42. The van der Waals surface area contributed by atoms with Crippen molar-refractivity contribution in [2.24, 2.45) is 5.92 Å². The Morgan fingerprint density at radius 2 is 2.05 bits per heavy atom. The van der Waals surface area contributed by atoms with Crippen LogP contribution >= 0.6 is 23.2 Å². The number of fused-ring (bicyclic) bond motifs is 1. The van der Waals surface area contributed by atoms with Crippen LogP contribution in [-0.2, 0) is 4.79 Å². The minimum atomic E-state index is 0.335. The van der Waals surface area contributed by atoms with E-state index in [2.05, 4.69) is 17.9 Å². The van der Waals surface area contributed by atoms with Gasteiger partial charge in [-0.25, -0.2) is 0 Å². The van der Waals surface area contributed by atoms with Gasteiger partial charge in [0.15, 0.2) is 0 Å². The lowest BCUT2D eigenvalue weighted by atomic mass is 9.71. The van der Waals surface area contributed by atoms with Crippen LogP contribution < -0.4 is 0 Å². The van der Waals surface area contributed by atoms with E-state index in [0.29, 0.717) is 40.3 Å². The number of carbonyl (C=O) groups is 1. The van der Waals surface area contributed by atoms with Crippen molar-refractivity contribution in [3.05, 3.63) is 33.8 Å². The molecule has 1 unspecified atom stereocenters. The molecular weight excluding hydrogens is 305 g/mol. The highest BCUT2D eigenvalue weighted by Gasteiger charge is 2.42. The molecule has 4 heteroatoms. The molecule has 0 radical (unpaired) electrons. The van der Waals surface area contributed by atoms with Crippen LogP contribution in [0.5, 0.6) is 0 Å². The van der Waals surface area contributed by atoms with Gasteiger partial charge in [-0.15, -0.1) is 0 Å². The van der Waals surface area contributed by atoms with E-state index in [1.54, 1.807) is 0 Å². The van der Waals surface area contributed by atoms with Gasteiger partial charge in [-0.05, 0) is 42.9 Å². The number of nitrogens with zero attached hydrogens (tertiary/aromatic N) is 1. The van der Waals surface area contributed by atoms with E-state index in [0.717, 1.165) is 25.8 Å². The first kappa shape index (κ1) is 15.2. The van der Waals surface area contributed by atoms with Gasteiger partial charge in [0, 0.05) is 24.9 Å². The molecule has 2 heterocycles. The summed E-state index contributed by atoms with van der Waals surface area (Å²) in [5, 5.41) is 1.21. The van der Waals surface area contributed by atoms with E-state index < -0.39 is 0 Å². The molecule has 0 aliphatic carbocycles. The number of piperidine rings is 2. The minimum absolute atomic E-state index is 0.335. The van der Waals surface area contributed by atoms with E-state index in [1.807, 2.05) is 12.1 Å². The molecule has 1 aromatic rings. The summed E-state index contributed by atoms with van der Waals surface area (Å²) in [5.41, 5.74) is 1.24. The fourth-order valence-electron chi connectivity index (χ4n) is 4.04. The number of rotatable bonds is 2. The van der Waals surface area contributed by atoms with Crippen molar-refractivity contribution in [1.82, 2.24) is 4.90 Å². The van der Waals surface area contributed by atoms with Crippen molar-refractivity contribution in [2.75, 3.05) is 6.54 Å². The van der Waals surface area contributed by atoms with Crippen LogP contribution in [0.3, 0.4) is 0 Å². The second kappa shape index (κ2) is 6.18. The molecule has 0 bridgehead atoms. The zero-order valence-corrected chi connectivity index (χ0v) is 13.8. The lowest BCUT2D eigenvalue weighted by molar-refractivity contribution is -0.141. The number of benzene rings is 1. The minimum Gasteiger partial charge on any atom is -0.339 e. The van der Waals surface area contributed by atoms with Crippen molar-refractivity contribution >= 4 is 29.1 Å². The Hall–Kier alpha value is -0.730. The monoisotopic (exact) mass is 325 g/mol. The van der Waals surface area contributed by atoms with E-state index in [-0.39, 0.29) is 0 Å². The van der Waals surface area contributed by atoms with Gasteiger partial charge in [-0.2, -0.15) is 0 Å². The summed E-state index contributed by atoms with van der Waals surface area (Å²) in [5.74, 6) is 1.14. The lowest BCUT2D eigenvalue weighted by Gasteiger charge is -2.48. The first-order valence-corrected chi connectivity index (χ1v) is 8.61. The second-order valence-electron chi connectivity index (χ2n) is 6.22. The molecular formula is C17H21Cl2NO. The molecule has 2 aliphatic rings. The maximum Gasteiger partial charge on any atom is 0.223 e. The maximum absolute atomic E-state index is 12.4. The van der Waals surface area contributed by atoms with Gasteiger partial charge in [-0.3, -0.25) is 4.79 Å². The Balaban J connectivity index is 1.98. The van der Waals surface area contributed by atoms with Crippen molar-refractivity contribution < 1.29 is 4.79 Å². The highest BCUT2D eigenvalue weighted by atomic mass is 35.5. The third kappa shape index (κ3) is 2.80. The van der Waals surface area contributed by atoms with E-state index in [4.69, 9.17) is 23.2 Å². The molecule has 2 nitrogen and oxygen atoms in total. The van der Waals surface area contributed by atoms with E-state index >= 15 is 0 Å². The molecule has 21 heavy (non-hydrogen) atoms. The Morgan fingerprint density at radius 3 is 2.76 bits per heavy atom. The molecule has 0 N–H and O–H groups in total. The van der Waals surface area contributed by atoms with Gasteiger partial charge in [0.2, 0.25) is 5.91 Å². The van der Waals surface area contributed by atoms with Crippen LogP contribution in [0.2, 0.25) is 10.0 Å². The fourth-order valence-corrected chi connectivity index (χ4v) is 4.34. The Bertz CT molecular complexity index is 546. The summed E-state index contributed by atoms with van der Waals surface area (Å²) < 4.78 is 0. The third-order valence-electron chi connectivity index (χ3n) is 5.08. The summed E-state index contributed by atoms with van der Waals surface area (Å²) in [4.78, 5) is 14.5. The van der Waals surface area contributed by atoms with Crippen LogP contribution in [0, 0.1) is 5.92 Å². The van der Waals surface area contributed by atoms with E-state index in [1.165, 1.54) is 12.0 Å². The highest BCUT2D eigenvalue weighted by Crippen LogP contribution is 2.44. The Kier molecular flexibility index (Phi) is 4.46. The van der Waals surface area contributed by atoms with Gasteiger partial charge in [0.25, 0.3) is 0 Å².